The molecule has 1 amide bonds. The number of hydrogen-bond donors (Lipinski definition) is 0. The number of carbonyl (C=O) groups is 2. The average Bonchev–Trinajstić information content (AvgIpc) is 2.84. The predicted octanol–water partition coefficient (Wildman–Crippen LogP) is 2.69. The van der Waals surface area contributed by atoms with Crippen LogP contribution >= 0.6 is 24.0 Å². The Hall–Kier alpha value is -2.44. The lowest BCUT2D eigenvalue weighted by Crippen LogP contribution is -2.43. The van der Waals surface area contributed by atoms with Gasteiger partial charge in [-0.2, -0.15) is 0 Å². The standard InChI is InChI=1S/C19H15NO3S2/c1-12-6-5-7-13(10-12)11-15-17(21)20(19(24)25-15)16(18(22)23)14-8-3-2-4-9-14/h2-11,16H,1H3,(H,22,23)/p-1/b15-11-/t16-/m1/s1. The second-order valence-corrected chi connectivity index (χ2v) is 7.27. The highest BCUT2D eigenvalue weighted by Crippen LogP contribution is 2.38. The summed E-state index contributed by atoms with van der Waals surface area (Å²) in [6.07, 6.45) is 1.73. The molecule has 1 atom stereocenters. The van der Waals surface area contributed by atoms with Crippen LogP contribution in [-0.4, -0.2) is 21.1 Å². The third-order valence-electron chi connectivity index (χ3n) is 3.76. The van der Waals surface area contributed by atoms with Crippen molar-refractivity contribution in [2.24, 2.45) is 0 Å². The van der Waals surface area contributed by atoms with Crippen LogP contribution in [0.15, 0.2) is 59.5 Å². The predicted molar refractivity (Wildman–Crippen MR) is 100 cm³/mol. The summed E-state index contributed by atoms with van der Waals surface area (Å²) in [6, 6.07) is 14.9. The van der Waals surface area contributed by atoms with Gasteiger partial charge in [-0.1, -0.05) is 84.1 Å². The molecule has 1 heterocycles. The van der Waals surface area contributed by atoms with Gasteiger partial charge in [0.05, 0.1) is 10.9 Å². The zero-order chi connectivity index (χ0) is 18.0. The van der Waals surface area contributed by atoms with E-state index in [0.29, 0.717) is 10.5 Å². The molecule has 0 bridgehead atoms. The van der Waals surface area contributed by atoms with Crippen LogP contribution in [-0.2, 0) is 9.59 Å². The molecule has 3 rings (SSSR count). The topological polar surface area (TPSA) is 60.4 Å². The van der Waals surface area contributed by atoms with Crippen LogP contribution in [0.2, 0.25) is 0 Å². The van der Waals surface area contributed by atoms with Crippen molar-refractivity contribution in [3.05, 3.63) is 76.2 Å². The summed E-state index contributed by atoms with van der Waals surface area (Å²) in [5, 5.41) is 11.7. The van der Waals surface area contributed by atoms with Gasteiger partial charge in [0.25, 0.3) is 5.91 Å². The Morgan fingerprint density at radius 1 is 1.20 bits per heavy atom. The molecule has 2 aromatic carbocycles. The molecule has 0 N–H and O–H groups in total. The Morgan fingerprint density at radius 3 is 2.56 bits per heavy atom. The van der Waals surface area contributed by atoms with Crippen LogP contribution in [0.5, 0.6) is 0 Å². The molecule has 6 heteroatoms. The highest BCUT2D eigenvalue weighted by atomic mass is 32.2. The summed E-state index contributed by atoms with van der Waals surface area (Å²) >= 11 is 6.37. The van der Waals surface area contributed by atoms with Crippen molar-refractivity contribution in [1.29, 1.82) is 0 Å². The Balaban J connectivity index is 1.96. The lowest BCUT2D eigenvalue weighted by molar-refractivity contribution is -0.310. The number of carboxylic acid groups (broad SMARTS) is 1. The summed E-state index contributed by atoms with van der Waals surface area (Å²) in [4.78, 5) is 26.0. The number of benzene rings is 2. The number of thioether (sulfide) groups is 1. The minimum atomic E-state index is -1.36. The molecule has 126 valence electrons. The van der Waals surface area contributed by atoms with Gasteiger partial charge in [0, 0.05) is 0 Å². The fourth-order valence-electron chi connectivity index (χ4n) is 2.64. The molecule has 0 spiro atoms. The lowest BCUT2D eigenvalue weighted by atomic mass is 10.1. The van der Waals surface area contributed by atoms with Gasteiger partial charge in [-0.3, -0.25) is 9.69 Å². The summed E-state index contributed by atoms with van der Waals surface area (Å²) in [6.45, 7) is 1.96. The first-order valence-electron chi connectivity index (χ1n) is 7.57. The van der Waals surface area contributed by atoms with Crippen LogP contribution in [0, 0.1) is 6.92 Å². The van der Waals surface area contributed by atoms with Crippen LogP contribution in [0.4, 0.5) is 0 Å². The van der Waals surface area contributed by atoms with Gasteiger partial charge in [-0.05, 0) is 24.1 Å². The van der Waals surface area contributed by atoms with Crippen LogP contribution < -0.4 is 5.11 Å². The first-order valence-corrected chi connectivity index (χ1v) is 8.79. The quantitative estimate of drug-likeness (QED) is 0.613. The van der Waals surface area contributed by atoms with Crippen LogP contribution in [0.25, 0.3) is 6.08 Å². The molecule has 1 fully saturated rings. The summed E-state index contributed by atoms with van der Waals surface area (Å²) in [7, 11) is 0. The van der Waals surface area contributed by atoms with Crippen molar-refractivity contribution in [2.45, 2.75) is 13.0 Å². The zero-order valence-electron chi connectivity index (χ0n) is 13.3. The number of aliphatic carboxylic acids is 1. The van der Waals surface area contributed by atoms with E-state index in [1.54, 1.807) is 36.4 Å². The van der Waals surface area contributed by atoms with Crippen molar-refractivity contribution < 1.29 is 14.7 Å². The van der Waals surface area contributed by atoms with Crippen molar-refractivity contribution in [1.82, 2.24) is 4.90 Å². The van der Waals surface area contributed by atoms with Gasteiger partial charge < -0.3 is 9.90 Å². The Morgan fingerprint density at radius 2 is 1.92 bits per heavy atom. The molecule has 0 radical (unpaired) electrons. The average molecular weight is 368 g/mol. The minimum Gasteiger partial charge on any atom is -0.547 e. The molecule has 4 nitrogen and oxygen atoms in total. The molecule has 0 unspecified atom stereocenters. The van der Waals surface area contributed by atoms with E-state index in [1.807, 2.05) is 31.2 Å². The van der Waals surface area contributed by atoms with E-state index >= 15 is 0 Å². The number of hydrogen-bond acceptors (Lipinski definition) is 5. The first kappa shape index (κ1) is 17.4. The van der Waals surface area contributed by atoms with Gasteiger partial charge >= 0.3 is 0 Å². The molecule has 1 aliphatic heterocycles. The third-order valence-corrected chi connectivity index (χ3v) is 5.09. The van der Waals surface area contributed by atoms with Gasteiger partial charge in [0.2, 0.25) is 0 Å². The lowest BCUT2D eigenvalue weighted by Gasteiger charge is -2.27. The Bertz CT molecular complexity index is 877. The molecule has 0 aliphatic carbocycles. The normalized spacial score (nSPS) is 17.2. The number of carbonyl (C=O) groups excluding carboxylic acids is 2. The maximum atomic E-state index is 12.8. The fourth-order valence-corrected chi connectivity index (χ4v) is 3.95. The summed E-state index contributed by atoms with van der Waals surface area (Å²) in [5.41, 5.74) is 2.39. The maximum absolute atomic E-state index is 12.8. The van der Waals surface area contributed by atoms with Gasteiger partial charge in [-0.25, -0.2) is 0 Å². The van der Waals surface area contributed by atoms with Crippen LogP contribution in [0.3, 0.4) is 0 Å². The second kappa shape index (κ2) is 7.21. The summed E-state index contributed by atoms with van der Waals surface area (Å²) < 4.78 is 0.210. The van der Waals surface area contributed by atoms with E-state index in [1.165, 1.54) is 0 Å². The van der Waals surface area contributed by atoms with E-state index in [4.69, 9.17) is 12.2 Å². The van der Waals surface area contributed by atoms with Crippen LogP contribution in [0.1, 0.15) is 22.7 Å². The second-order valence-electron chi connectivity index (χ2n) is 5.60. The van der Waals surface area contributed by atoms with Crippen molar-refractivity contribution >= 4 is 46.3 Å². The molecular weight excluding hydrogens is 354 g/mol. The van der Waals surface area contributed by atoms with Crippen molar-refractivity contribution in [3.8, 4) is 0 Å². The number of aryl methyl sites for hydroxylation is 1. The molecule has 25 heavy (non-hydrogen) atoms. The highest BCUT2D eigenvalue weighted by Gasteiger charge is 2.38. The zero-order valence-corrected chi connectivity index (χ0v) is 15.0. The summed E-state index contributed by atoms with van der Waals surface area (Å²) in [5.74, 6) is -1.78. The smallest absolute Gasteiger partial charge is 0.267 e. The van der Waals surface area contributed by atoms with Crippen molar-refractivity contribution in [3.63, 3.8) is 0 Å². The van der Waals surface area contributed by atoms with Gasteiger partial charge in [0.1, 0.15) is 10.4 Å². The fraction of sp³-hybridized carbons (Fsp3) is 0.105. The molecular formula is C19H14NO3S2-. The molecule has 1 saturated heterocycles. The molecule has 2 aromatic rings. The van der Waals surface area contributed by atoms with E-state index in [0.717, 1.165) is 27.8 Å². The molecule has 0 saturated carbocycles. The largest absolute Gasteiger partial charge is 0.547 e. The van der Waals surface area contributed by atoms with E-state index in [2.05, 4.69) is 0 Å². The van der Waals surface area contributed by atoms with E-state index < -0.39 is 17.9 Å². The minimum absolute atomic E-state index is 0.210. The van der Waals surface area contributed by atoms with E-state index in [9.17, 15) is 14.7 Å². The monoisotopic (exact) mass is 368 g/mol. The number of thiocarbonyl (C=S) groups is 1. The van der Waals surface area contributed by atoms with Gasteiger partial charge in [0.15, 0.2) is 0 Å². The van der Waals surface area contributed by atoms with Crippen molar-refractivity contribution in [2.75, 3.05) is 0 Å². The maximum Gasteiger partial charge on any atom is 0.267 e. The third kappa shape index (κ3) is 3.65. The number of carboxylic acids is 1. The number of amides is 1. The SMILES string of the molecule is Cc1cccc(/C=C2\SC(=S)N([C@@H](C(=O)[O-])c3ccccc3)C2=O)c1. The van der Waals surface area contributed by atoms with Gasteiger partial charge in [-0.15, -0.1) is 0 Å². The molecule has 1 aliphatic rings. The van der Waals surface area contributed by atoms with E-state index in [-0.39, 0.29) is 4.32 Å². The number of nitrogens with zero attached hydrogens (tertiary/aromatic N) is 1. The Kier molecular flexibility index (Phi) is 5.01. The first-order chi connectivity index (χ1) is 12.0. The highest BCUT2D eigenvalue weighted by molar-refractivity contribution is 8.26. The number of rotatable bonds is 4. The Labute approximate surface area is 155 Å². The molecule has 0 aromatic heterocycles.